The van der Waals surface area contributed by atoms with Gasteiger partial charge in [0.2, 0.25) is 0 Å². The quantitative estimate of drug-likeness (QED) is 0.481. The highest BCUT2D eigenvalue weighted by Crippen LogP contribution is 2.05. The van der Waals surface area contributed by atoms with E-state index in [-0.39, 0.29) is 6.10 Å². The zero-order chi connectivity index (χ0) is 5.11. The smallest absolute Gasteiger partial charge is 0.0831 e. The Balaban J connectivity index is 2.14. The number of rotatable bonds is 1. The van der Waals surface area contributed by atoms with Gasteiger partial charge in [-0.25, -0.2) is 0 Å². The Morgan fingerprint density at radius 3 is 2.86 bits per heavy atom. The van der Waals surface area contributed by atoms with Gasteiger partial charge < -0.3 is 9.47 Å². The predicted octanol–water partition coefficient (Wildman–Crippen LogP) is 0.583. The molecule has 1 fully saturated rings. The third kappa shape index (κ3) is 1.14. The van der Waals surface area contributed by atoms with Crippen molar-refractivity contribution in [2.24, 2.45) is 0 Å². The maximum Gasteiger partial charge on any atom is 0.0831 e. The van der Waals surface area contributed by atoms with Crippen LogP contribution in [0.5, 0.6) is 0 Å². The Hall–Kier alpha value is -0.0800. The van der Waals surface area contributed by atoms with Gasteiger partial charge in [-0.2, -0.15) is 0 Å². The molecule has 0 aromatic carbocycles. The first-order valence-electron chi connectivity index (χ1n) is 2.42. The molecule has 0 spiro atoms. The average molecular weight is 101 g/mol. The van der Waals surface area contributed by atoms with E-state index in [4.69, 9.17) is 9.47 Å². The van der Waals surface area contributed by atoms with Crippen LogP contribution in [0, 0.1) is 7.11 Å². The van der Waals surface area contributed by atoms with Gasteiger partial charge in [0.1, 0.15) is 0 Å². The fraction of sp³-hybridized carbons (Fsp3) is 0.800. The van der Waals surface area contributed by atoms with E-state index >= 15 is 0 Å². The minimum absolute atomic E-state index is 0.264. The molecule has 0 aromatic rings. The highest BCUT2D eigenvalue weighted by molar-refractivity contribution is 4.61. The van der Waals surface area contributed by atoms with Crippen molar-refractivity contribution in [1.29, 1.82) is 0 Å². The first-order valence-corrected chi connectivity index (χ1v) is 2.42. The summed E-state index contributed by atoms with van der Waals surface area (Å²) in [5, 5.41) is 0. The van der Waals surface area contributed by atoms with Crippen molar-refractivity contribution in [2.75, 3.05) is 13.2 Å². The summed E-state index contributed by atoms with van der Waals surface area (Å²) in [6.07, 6.45) is 1.27. The second-order valence-electron chi connectivity index (χ2n) is 1.65. The van der Waals surface area contributed by atoms with E-state index in [2.05, 4.69) is 7.11 Å². The molecule has 1 aliphatic rings. The van der Waals surface area contributed by atoms with Gasteiger partial charge in [-0.3, -0.25) is 0 Å². The molecule has 1 unspecified atom stereocenters. The summed E-state index contributed by atoms with van der Waals surface area (Å²) in [5.74, 6) is 0. The lowest BCUT2D eigenvalue weighted by Gasteiger charge is -1.99. The van der Waals surface area contributed by atoms with Gasteiger partial charge in [0.25, 0.3) is 0 Å². The summed E-state index contributed by atoms with van der Waals surface area (Å²) in [6.45, 7) is 1.56. The van der Waals surface area contributed by atoms with E-state index in [1.165, 1.54) is 0 Å². The molecule has 0 amide bonds. The molecule has 1 radical (unpaired) electrons. The molecule has 0 bridgehead atoms. The van der Waals surface area contributed by atoms with Crippen molar-refractivity contribution < 1.29 is 9.47 Å². The topological polar surface area (TPSA) is 18.5 Å². The van der Waals surface area contributed by atoms with Crippen LogP contribution >= 0.6 is 0 Å². The monoisotopic (exact) mass is 101 g/mol. The minimum Gasteiger partial charge on any atom is -0.379 e. The maximum atomic E-state index is 4.98. The molecule has 2 heteroatoms. The van der Waals surface area contributed by atoms with Gasteiger partial charge >= 0.3 is 0 Å². The second kappa shape index (κ2) is 2.28. The third-order valence-electron chi connectivity index (χ3n) is 1.12. The summed E-state index contributed by atoms with van der Waals surface area (Å²) in [6, 6.07) is 0. The van der Waals surface area contributed by atoms with Crippen molar-refractivity contribution in [1.82, 2.24) is 0 Å². The maximum absolute atomic E-state index is 4.98. The van der Waals surface area contributed by atoms with E-state index in [9.17, 15) is 0 Å². The minimum atomic E-state index is 0.264. The molecule has 1 heterocycles. The van der Waals surface area contributed by atoms with E-state index < -0.39 is 0 Å². The van der Waals surface area contributed by atoms with Gasteiger partial charge in [-0.15, -0.1) is 0 Å². The lowest BCUT2D eigenvalue weighted by atomic mass is 10.3. The Bertz CT molecular complexity index is 48.0. The van der Waals surface area contributed by atoms with Crippen molar-refractivity contribution in [3.05, 3.63) is 7.11 Å². The molecule has 1 saturated heterocycles. The Morgan fingerprint density at radius 1 is 1.71 bits per heavy atom. The molecule has 0 saturated carbocycles. The molecule has 1 atom stereocenters. The molecule has 1 rings (SSSR count). The largest absolute Gasteiger partial charge is 0.379 e. The van der Waals surface area contributed by atoms with Crippen molar-refractivity contribution >= 4 is 0 Å². The van der Waals surface area contributed by atoms with Gasteiger partial charge in [0.05, 0.1) is 19.8 Å². The molecule has 7 heavy (non-hydrogen) atoms. The van der Waals surface area contributed by atoms with Gasteiger partial charge in [-0.05, 0) is 6.42 Å². The zero-order valence-corrected chi connectivity index (χ0v) is 4.22. The molecule has 0 N–H and O–H groups in total. The number of hydrogen-bond acceptors (Lipinski definition) is 2. The summed E-state index contributed by atoms with van der Waals surface area (Å²) >= 11 is 0. The fourth-order valence-corrected chi connectivity index (χ4v) is 0.644. The van der Waals surface area contributed by atoms with Crippen LogP contribution in [0.4, 0.5) is 0 Å². The van der Waals surface area contributed by atoms with Crippen LogP contribution in [0.1, 0.15) is 6.42 Å². The Kier molecular flexibility index (Phi) is 1.65. The van der Waals surface area contributed by atoms with Gasteiger partial charge in [0, 0.05) is 6.61 Å². The van der Waals surface area contributed by atoms with E-state index in [1.54, 1.807) is 0 Å². The second-order valence-corrected chi connectivity index (χ2v) is 1.65. The molecule has 41 valence electrons. The molecular formula is C5H9O2. The standard InChI is InChI=1S/C5H9O2/c1-6-5-2-3-7-4-5/h5H,1-4H2. The lowest BCUT2D eigenvalue weighted by molar-refractivity contribution is 0.106. The predicted molar refractivity (Wildman–Crippen MR) is 25.7 cm³/mol. The fourth-order valence-electron chi connectivity index (χ4n) is 0.644. The molecular weight excluding hydrogens is 92.1 g/mol. The van der Waals surface area contributed by atoms with E-state index in [0.717, 1.165) is 19.6 Å². The van der Waals surface area contributed by atoms with E-state index in [1.807, 2.05) is 0 Å². The highest BCUT2D eigenvalue weighted by atomic mass is 16.5. The third-order valence-corrected chi connectivity index (χ3v) is 1.12. The van der Waals surface area contributed by atoms with Crippen LogP contribution < -0.4 is 0 Å². The number of ether oxygens (including phenoxy) is 2. The normalized spacial score (nSPS) is 31.3. The molecule has 1 aliphatic heterocycles. The first-order chi connectivity index (χ1) is 3.43. The van der Waals surface area contributed by atoms with Crippen LogP contribution in [0.3, 0.4) is 0 Å². The van der Waals surface area contributed by atoms with Crippen LogP contribution in [-0.4, -0.2) is 19.3 Å². The van der Waals surface area contributed by atoms with Crippen LogP contribution in [0.25, 0.3) is 0 Å². The van der Waals surface area contributed by atoms with E-state index in [0.29, 0.717) is 0 Å². The Morgan fingerprint density at radius 2 is 2.57 bits per heavy atom. The summed E-state index contributed by atoms with van der Waals surface area (Å²) in [4.78, 5) is 0. The van der Waals surface area contributed by atoms with Crippen molar-refractivity contribution in [3.63, 3.8) is 0 Å². The van der Waals surface area contributed by atoms with Crippen LogP contribution in [0.2, 0.25) is 0 Å². The Labute approximate surface area is 43.4 Å². The number of hydrogen-bond donors (Lipinski definition) is 0. The average Bonchev–Trinajstić information content (AvgIpc) is 2.14. The van der Waals surface area contributed by atoms with Crippen LogP contribution in [-0.2, 0) is 9.47 Å². The zero-order valence-electron chi connectivity index (χ0n) is 4.22. The summed E-state index contributed by atoms with van der Waals surface area (Å²) in [7, 11) is 3.29. The van der Waals surface area contributed by atoms with Crippen molar-refractivity contribution in [3.8, 4) is 0 Å². The van der Waals surface area contributed by atoms with Crippen molar-refractivity contribution in [2.45, 2.75) is 12.5 Å². The summed E-state index contributed by atoms with van der Waals surface area (Å²) < 4.78 is 9.72. The molecule has 2 nitrogen and oxygen atoms in total. The highest BCUT2D eigenvalue weighted by Gasteiger charge is 2.12. The molecule has 0 aliphatic carbocycles. The SMILES string of the molecule is [CH2]OC1CCOC1. The van der Waals surface area contributed by atoms with Gasteiger partial charge in [0.15, 0.2) is 0 Å². The lowest BCUT2D eigenvalue weighted by Crippen LogP contribution is -2.06. The van der Waals surface area contributed by atoms with Crippen LogP contribution in [0.15, 0.2) is 0 Å². The first kappa shape index (κ1) is 5.06. The summed E-state index contributed by atoms with van der Waals surface area (Å²) in [5.41, 5.74) is 0. The van der Waals surface area contributed by atoms with Gasteiger partial charge in [-0.1, -0.05) is 0 Å². The molecule has 0 aromatic heterocycles.